The number of nitrogens with zero attached hydrogens (tertiary/aromatic N) is 1. The fraction of sp³-hybridized carbons (Fsp3) is 0.611. The third-order valence-electron chi connectivity index (χ3n) is 5.25. The van der Waals surface area contributed by atoms with Crippen LogP contribution in [-0.4, -0.2) is 40.6 Å². The molecule has 1 saturated carbocycles. The first-order valence-corrected chi connectivity index (χ1v) is 8.40. The molecule has 4 nitrogen and oxygen atoms in total. The van der Waals surface area contributed by atoms with Crippen LogP contribution >= 0.6 is 0 Å². The van der Waals surface area contributed by atoms with Gasteiger partial charge in [0.15, 0.2) is 0 Å². The third-order valence-corrected chi connectivity index (χ3v) is 5.25. The van der Waals surface area contributed by atoms with Crippen molar-refractivity contribution in [2.75, 3.05) is 6.54 Å². The smallest absolute Gasteiger partial charge is 0.224 e. The lowest BCUT2D eigenvalue weighted by Crippen LogP contribution is -2.43. The highest BCUT2D eigenvalue weighted by molar-refractivity contribution is 5.80. The van der Waals surface area contributed by atoms with Crippen LogP contribution in [0.5, 0.6) is 0 Å². The van der Waals surface area contributed by atoms with E-state index in [4.69, 9.17) is 0 Å². The summed E-state index contributed by atoms with van der Waals surface area (Å²) in [5, 5.41) is 13.4. The second kappa shape index (κ2) is 6.80. The van der Waals surface area contributed by atoms with Gasteiger partial charge in [-0.05, 0) is 31.2 Å². The van der Waals surface area contributed by atoms with Crippen LogP contribution in [0.15, 0.2) is 30.3 Å². The van der Waals surface area contributed by atoms with Crippen molar-refractivity contribution in [1.29, 1.82) is 0 Å². The molecule has 120 valence electrons. The van der Waals surface area contributed by atoms with Crippen LogP contribution in [0.25, 0.3) is 0 Å². The molecule has 1 heterocycles. The summed E-state index contributed by atoms with van der Waals surface area (Å²) in [5.41, 5.74) is 1.18. The number of hydrogen-bond acceptors (Lipinski definition) is 3. The summed E-state index contributed by atoms with van der Waals surface area (Å²) in [6, 6.07) is 10.5. The van der Waals surface area contributed by atoms with Crippen molar-refractivity contribution in [2.24, 2.45) is 5.92 Å². The molecule has 1 amide bonds. The van der Waals surface area contributed by atoms with Gasteiger partial charge in [-0.1, -0.05) is 36.8 Å². The maximum Gasteiger partial charge on any atom is 0.224 e. The molecule has 4 heteroatoms. The number of rotatable bonds is 5. The molecule has 1 aliphatic heterocycles. The van der Waals surface area contributed by atoms with Gasteiger partial charge in [0.05, 0.1) is 6.10 Å². The van der Waals surface area contributed by atoms with Crippen LogP contribution in [0.3, 0.4) is 0 Å². The van der Waals surface area contributed by atoms with Gasteiger partial charge >= 0.3 is 0 Å². The Hall–Kier alpha value is -1.39. The number of nitrogens with one attached hydrogen (secondary N) is 1. The predicted molar refractivity (Wildman–Crippen MR) is 86.2 cm³/mol. The molecule has 1 aromatic carbocycles. The van der Waals surface area contributed by atoms with Gasteiger partial charge in [0.2, 0.25) is 5.91 Å². The van der Waals surface area contributed by atoms with E-state index in [1.165, 1.54) is 5.56 Å². The lowest BCUT2D eigenvalue weighted by molar-refractivity contribution is -0.129. The molecule has 0 bridgehead atoms. The molecule has 0 radical (unpaired) electrons. The second-order valence-electron chi connectivity index (χ2n) is 6.73. The van der Waals surface area contributed by atoms with E-state index in [1.54, 1.807) is 0 Å². The van der Waals surface area contributed by atoms with E-state index in [1.807, 2.05) is 23.1 Å². The maximum atomic E-state index is 12.3. The molecular weight excluding hydrogens is 276 g/mol. The summed E-state index contributed by atoms with van der Waals surface area (Å²) in [6.07, 6.45) is 3.53. The van der Waals surface area contributed by atoms with Crippen molar-refractivity contribution in [3.8, 4) is 0 Å². The maximum absolute atomic E-state index is 12.3. The van der Waals surface area contributed by atoms with Gasteiger partial charge in [-0.2, -0.15) is 0 Å². The monoisotopic (exact) mass is 302 g/mol. The summed E-state index contributed by atoms with van der Waals surface area (Å²) in [7, 11) is 0. The Morgan fingerprint density at radius 3 is 2.73 bits per heavy atom. The van der Waals surface area contributed by atoms with Gasteiger partial charge in [0, 0.05) is 31.6 Å². The topological polar surface area (TPSA) is 52.6 Å². The first kappa shape index (κ1) is 15.5. The number of likely N-dealkylation sites (tertiary alicyclic amines) is 1. The van der Waals surface area contributed by atoms with Crippen molar-refractivity contribution in [2.45, 2.75) is 57.3 Å². The highest BCUT2D eigenvalue weighted by Crippen LogP contribution is 2.26. The number of aliphatic hydroxyl groups is 1. The molecular formula is C18H26N2O2. The van der Waals surface area contributed by atoms with Crippen LogP contribution in [0.4, 0.5) is 0 Å². The molecule has 1 saturated heterocycles. The number of carbonyl (C=O) groups is 1. The van der Waals surface area contributed by atoms with Crippen LogP contribution in [0.1, 0.15) is 38.2 Å². The zero-order valence-corrected chi connectivity index (χ0v) is 13.2. The van der Waals surface area contributed by atoms with Gasteiger partial charge in [0.1, 0.15) is 0 Å². The van der Waals surface area contributed by atoms with Gasteiger partial charge in [0.25, 0.3) is 0 Å². The zero-order valence-electron chi connectivity index (χ0n) is 13.2. The number of hydrogen-bond donors (Lipinski definition) is 2. The van der Waals surface area contributed by atoms with E-state index >= 15 is 0 Å². The lowest BCUT2D eigenvalue weighted by Gasteiger charge is -2.26. The minimum atomic E-state index is -0.166. The Kier molecular flexibility index (Phi) is 4.79. The first-order valence-electron chi connectivity index (χ1n) is 8.40. The average Bonchev–Trinajstić information content (AvgIpc) is 3.04. The molecule has 0 aromatic heterocycles. The summed E-state index contributed by atoms with van der Waals surface area (Å²) in [6.45, 7) is 3.63. The van der Waals surface area contributed by atoms with E-state index in [2.05, 4.69) is 24.4 Å². The van der Waals surface area contributed by atoms with Crippen molar-refractivity contribution in [3.63, 3.8) is 0 Å². The zero-order chi connectivity index (χ0) is 15.5. The first-order chi connectivity index (χ1) is 10.6. The second-order valence-corrected chi connectivity index (χ2v) is 6.73. The van der Waals surface area contributed by atoms with Crippen LogP contribution in [0.2, 0.25) is 0 Å². The Labute approximate surface area is 132 Å². The fourth-order valence-electron chi connectivity index (χ4n) is 3.73. The van der Waals surface area contributed by atoms with E-state index in [0.717, 1.165) is 25.8 Å². The average molecular weight is 302 g/mol. The minimum Gasteiger partial charge on any atom is -0.393 e. The van der Waals surface area contributed by atoms with Gasteiger partial charge in [-0.15, -0.1) is 0 Å². The number of amides is 1. The number of aliphatic hydroxyl groups excluding tert-OH is 1. The summed E-state index contributed by atoms with van der Waals surface area (Å²) >= 11 is 0. The van der Waals surface area contributed by atoms with Crippen molar-refractivity contribution in [3.05, 3.63) is 35.9 Å². The van der Waals surface area contributed by atoms with E-state index < -0.39 is 0 Å². The highest BCUT2D eigenvalue weighted by atomic mass is 16.3. The Morgan fingerprint density at radius 1 is 1.27 bits per heavy atom. The van der Waals surface area contributed by atoms with Crippen LogP contribution in [0, 0.1) is 5.92 Å². The van der Waals surface area contributed by atoms with Gasteiger partial charge in [-0.25, -0.2) is 0 Å². The van der Waals surface area contributed by atoms with Crippen molar-refractivity contribution >= 4 is 5.91 Å². The fourth-order valence-corrected chi connectivity index (χ4v) is 3.73. The molecule has 1 aromatic rings. The van der Waals surface area contributed by atoms with Crippen LogP contribution in [-0.2, 0) is 11.3 Å². The van der Waals surface area contributed by atoms with Gasteiger partial charge in [-0.3, -0.25) is 4.79 Å². The molecule has 22 heavy (non-hydrogen) atoms. The summed E-state index contributed by atoms with van der Waals surface area (Å²) < 4.78 is 0. The largest absolute Gasteiger partial charge is 0.393 e. The predicted octanol–water partition coefficient (Wildman–Crippen LogP) is 1.93. The normalized spacial score (nSPS) is 31.9. The molecule has 2 fully saturated rings. The highest BCUT2D eigenvalue weighted by Gasteiger charge is 2.37. The van der Waals surface area contributed by atoms with Crippen molar-refractivity contribution < 1.29 is 9.90 Å². The van der Waals surface area contributed by atoms with E-state index in [-0.39, 0.29) is 24.1 Å². The Morgan fingerprint density at radius 2 is 2.05 bits per heavy atom. The minimum absolute atomic E-state index is 0.166. The van der Waals surface area contributed by atoms with E-state index in [0.29, 0.717) is 18.9 Å². The molecule has 0 spiro atoms. The standard InChI is InChI=1S/C18H26N2O2/c1-13-16(19-11-15-8-5-9-17(15)21)10-18(22)20(13)12-14-6-3-2-4-7-14/h2-4,6-7,13,15-17,19,21H,5,8-12H2,1H3. The number of carbonyl (C=O) groups excluding carboxylic acids is 1. The Bertz CT molecular complexity index is 505. The van der Waals surface area contributed by atoms with Gasteiger partial charge < -0.3 is 15.3 Å². The molecule has 2 aliphatic rings. The van der Waals surface area contributed by atoms with E-state index in [9.17, 15) is 9.90 Å². The molecule has 4 atom stereocenters. The summed E-state index contributed by atoms with van der Waals surface area (Å²) in [5.74, 6) is 0.575. The SMILES string of the molecule is CC1C(NCC2CCCC2O)CC(=O)N1Cc1ccccc1. The third kappa shape index (κ3) is 3.33. The molecule has 1 aliphatic carbocycles. The number of benzene rings is 1. The Balaban J connectivity index is 1.55. The summed E-state index contributed by atoms with van der Waals surface area (Å²) in [4.78, 5) is 14.3. The van der Waals surface area contributed by atoms with Crippen molar-refractivity contribution in [1.82, 2.24) is 10.2 Å². The molecule has 2 N–H and O–H groups in total. The molecule has 3 rings (SSSR count). The lowest BCUT2D eigenvalue weighted by atomic mass is 10.0. The molecule has 4 unspecified atom stereocenters. The van der Waals surface area contributed by atoms with Crippen LogP contribution < -0.4 is 5.32 Å². The quantitative estimate of drug-likeness (QED) is 0.874.